The Morgan fingerprint density at radius 3 is 2.53 bits per heavy atom. The third-order valence-electron chi connectivity index (χ3n) is 2.68. The minimum atomic E-state index is -0.160. The van der Waals surface area contributed by atoms with Crippen LogP contribution in [0.25, 0.3) is 0 Å². The van der Waals surface area contributed by atoms with E-state index in [1.54, 1.807) is 0 Å². The average molecular weight is 213 g/mol. The minimum absolute atomic E-state index is 0.0715. The number of hydrogen-bond acceptors (Lipinski definition) is 3. The topological polar surface area (TPSA) is 58.4 Å². The number of carbonyl (C=O) groups excluding carboxylic acids is 1. The van der Waals surface area contributed by atoms with Crippen molar-refractivity contribution in [1.82, 2.24) is 10.2 Å². The Hall–Kier alpha value is -0.610. The minimum Gasteiger partial charge on any atom is -0.350 e. The van der Waals surface area contributed by atoms with Gasteiger partial charge in [0.05, 0.1) is 6.04 Å². The molecule has 0 aromatic rings. The second kappa shape index (κ2) is 4.49. The van der Waals surface area contributed by atoms with E-state index in [9.17, 15) is 4.79 Å². The second-order valence-corrected chi connectivity index (χ2v) is 5.46. The number of nitrogens with two attached hydrogens (primary N) is 1. The monoisotopic (exact) mass is 213 g/mol. The largest absolute Gasteiger partial charge is 0.350 e. The number of hydrogen-bond donors (Lipinski definition) is 2. The van der Waals surface area contributed by atoms with E-state index < -0.39 is 0 Å². The van der Waals surface area contributed by atoms with Gasteiger partial charge in [0.1, 0.15) is 0 Å². The van der Waals surface area contributed by atoms with Crippen LogP contribution in [0, 0.1) is 0 Å². The third kappa shape index (κ3) is 3.80. The van der Waals surface area contributed by atoms with E-state index in [0.717, 1.165) is 19.5 Å². The Balaban J connectivity index is 2.46. The maximum atomic E-state index is 11.9. The molecule has 0 bridgehead atoms. The van der Waals surface area contributed by atoms with Gasteiger partial charge < -0.3 is 11.1 Å². The average Bonchev–Trinajstić information content (AvgIpc) is 2.47. The van der Waals surface area contributed by atoms with Crippen molar-refractivity contribution in [3.63, 3.8) is 0 Å². The van der Waals surface area contributed by atoms with Gasteiger partial charge in [0, 0.05) is 24.7 Å². The fourth-order valence-corrected chi connectivity index (χ4v) is 1.81. The molecular weight excluding hydrogens is 190 g/mol. The van der Waals surface area contributed by atoms with Gasteiger partial charge >= 0.3 is 0 Å². The summed E-state index contributed by atoms with van der Waals surface area (Å²) in [5, 5.41) is 2.99. The summed E-state index contributed by atoms with van der Waals surface area (Å²) in [4.78, 5) is 14.0. The van der Waals surface area contributed by atoms with Crippen molar-refractivity contribution in [3.05, 3.63) is 0 Å². The van der Waals surface area contributed by atoms with E-state index >= 15 is 0 Å². The van der Waals surface area contributed by atoms with Gasteiger partial charge in [-0.15, -0.1) is 0 Å². The molecule has 1 rings (SSSR count). The molecule has 1 heterocycles. The molecule has 0 aromatic heterocycles. The van der Waals surface area contributed by atoms with Crippen LogP contribution in [-0.2, 0) is 4.79 Å². The standard InChI is InChI=1S/C11H23N3O/c1-8(10(15)13-11(2,3)4)14-6-5-9(12)7-14/h8-9H,5-7,12H2,1-4H3,(H,13,15)/t8?,9-/m0/s1. The third-order valence-corrected chi connectivity index (χ3v) is 2.68. The first-order valence-corrected chi connectivity index (χ1v) is 5.61. The molecule has 4 nitrogen and oxygen atoms in total. The first kappa shape index (κ1) is 12.5. The zero-order chi connectivity index (χ0) is 11.6. The molecule has 0 aromatic carbocycles. The summed E-state index contributed by atoms with van der Waals surface area (Å²) in [6.07, 6.45) is 0.993. The van der Waals surface area contributed by atoms with Crippen molar-refractivity contribution in [1.29, 1.82) is 0 Å². The molecule has 1 aliphatic rings. The molecule has 1 fully saturated rings. The Morgan fingerprint density at radius 1 is 1.53 bits per heavy atom. The molecule has 2 atom stereocenters. The van der Waals surface area contributed by atoms with Gasteiger partial charge in [-0.3, -0.25) is 9.69 Å². The van der Waals surface area contributed by atoms with Crippen molar-refractivity contribution in [2.75, 3.05) is 13.1 Å². The lowest BCUT2D eigenvalue weighted by molar-refractivity contribution is -0.127. The summed E-state index contributed by atoms with van der Waals surface area (Å²) >= 11 is 0. The highest BCUT2D eigenvalue weighted by atomic mass is 16.2. The zero-order valence-electron chi connectivity index (χ0n) is 10.2. The van der Waals surface area contributed by atoms with Crippen molar-refractivity contribution in [3.8, 4) is 0 Å². The summed E-state index contributed by atoms with van der Waals surface area (Å²) in [6.45, 7) is 9.69. The summed E-state index contributed by atoms with van der Waals surface area (Å²) in [7, 11) is 0. The van der Waals surface area contributed by atoms with E-state index in [-0.39, 0.29) is 23.5 Å². The highest BCUT2D eigenvalue weighted by Crippen LogP contribution is 2.12. The maximum absolute atomic E-state index is 11.9. The molecular formula is C11H23N3O. The van der Waals surface area contributed by atoms with Gasteiger partial charge in [0.2, 0.25) is 5.91 Å². The molecule has 0 radical (unpaired) electrons. The number of carbonyl (C=O) groups is 1. The van der Waals surface area contributed by atoms with Gasteiger partial charge in [-0.05, 0) is 34.1 Å². The fraction of sp³-hybridized carbons (Fsp3) is 0.909. The van der Waals surface area contributed by atoms with E-state index in [1.165, 1.54) is 0 Å². The summed E-state index contributed by atoms with van der Waals surface area (Å²) in [5.41, 5.74) is 5.66. The number of likely N-dealkylation sites (tertiary alicyclic amines) is 1. The number of rotatable bonds is 2. The molecule has 0 spiro atoms. The lowest BCUT2D eigenvalue weighted by Gasteiger charge is -2.28. The van der Waals surface area contributed by atoms with E-state index in [2.05, 4.69) is 10.2 Å². The van der Waals surface area contributed by atoms with Crippen LogP contribution in [0.4, 0.5) is 0 Å². The van der Waals surface area contributed by atoms with Crippen LogP contribution in [0.1, 0.15) is 34.1 Å². The maximum Gasteiger partial charge on any atom is 0.237 e. The molecule has 4 heteroatoms. The molecule has 1 unspecified atom stereocenters. The Kier molecular flexibility index (Phi) is 3.73. The van der Waals surface area contributed by atoms with Crippen molar-refractivity contribution in [2.24, 2.45) is 5.73 Å². The molecule has 88 valence electrons. The summed E-state index contributed by atoms with van der Waals surface area (Å²) < 4.78 is 0. The van der Waals surface area contributed by atoms with E-state index in [1.807, 2.05) is 27.7 Å². The lowest BCUT2D eigenvalue weighted by atomic mass is 10.1. The quantitative estimate of drug-likeness (QED) is 0.694. The lowest BCUT2D eigenvalue weighted by Crippen LogP contribution is -2.50. The Bertz CT molecular complexity index is 234. The fourth-order valence-electron chi connectivity index (χ4n) is 1.81. The van der Waals surface area contributed by atoms with Crippen LogP contribution in [0.2, 0.25) is 0 Å². The number of nitrogens with one attached hydrogen (secondary N) is 1. The van der Waals surface area contributed by atoms with E-state index in [4.69, 9.17) is 5.73 Å². The first-order valence-electron chi connectivity index (χ1n) is 5.61. The van der Waals surface area contributed by atoms with Crippen LogP contribution in [0.5, 0.6) is 0 Å². The summed E-state index contributed by atoms with van der Waals surface area (Å²) in [6, 6.07) is 0.160. The predicted molar refractivity (Wildman–Crippen MR) is 61.5 cm³/mol. The SMILES string of the molecule is CC(C(=O)NC(C)(C)C)N1CC[C@H](N)C1. The summed E-state index contributed by atoms with van der Waals surface area (Å²) in [5.74, 6) is 0.0941. The molecule has 1 saturated heterocycles. The molecule has 1 amide bonds. The van der Waals surface area contributed by atoms with Gasteiger partial charge in [-0.25, -0.2) is 0 Å². The van der Waals surface area contributed by atoms with Crippen LogP contribution in [0.15, 0.2) is 0 Å². The second-order valence-electron chi connectivity index (χ2n) is 5.46. The van der Waals surface area contributed by atoms with Gasteiger partial charge in [0.25, 0.3) is 0 Å². The zero-order valence-corrected chi connectivity index (χ0v) is 10.2. The number of nitrogens with zero attached hydrogens (tertiary/aromatic N) is 1. The van der Waals surface area contributed by atoms with Crippen LogP contribution in [-0.4, -0.2) is 41.5 Å². The Labute approximate surface area is 92.2 Å². The van der Waals surface area contributed by atoms with Crippen molar-refractivity contribution in [2.45, 2.75) is 51.7 Å². The predicted octanol–water partition coefficient (Wildman–Crippen LogP) is 0.323. The normalized spacial score (nSPS) is 25.3. The van der Waals surface area contributed by atoms with Gasteiger partial charge in [-0.1, -0.05) is 0 Å². The highest BCUT2D eigenvalue weighted by Gasteiger charge is 2.29. The molecule has 3 N–H and O–H groups in total. The van der Waals surface area contributed by atoms with Crippen molar-refractivity contribution < 1.29 is 4.79 Å². The van der Waals surface area contributed by atoms with Gasteiger partial charge in [0.15, 0.2) is 0 Å². The van der Waals surface area contributed by atoms with E-state index in [0.29, 0.717) is 0 Å². The first-order chi connectivity index (χ1) is 6.79. The smallest absolute Gasteiger partial charge is 0.237 e. The van der Waals surface area contributed by atoms with Crippen LogP contribution < -0.4 is 11.1 Å². The highest BCUT2D eigenvalue weighted by molar-refractivity contribution is 5.82. The Morgan fingerprint density at radius 2 is 2.13 bits per heavy atom. The van der Waals surface area contributed by atoms with Crippen LogP contribution >= 0.6 is 0 Å². The molecule has 1 aliphatic heterocycles. The number of amides is 1. The van der Waals surface area contributed by atoms with Crippen LogP contribution in [0.3, 0.4) is 0 Å². The molecule has 15 heavy (non-hydrogen) atoms. The van der Waals surface area contributed by atoms with Gasteiger partial charge in [-0.2, -0.15) is 0 Å². The molecule has 0 saturated carbocycles. The van der Waals surface area contributed by atoms with Crippen molar-refractivity contribution >= 4 is 5.91 Å². The molecule has 0 aliphatic carbocycles.